The summed E-state index contributed by atoms with van der Waals surface area (Å²) in [6.45, 7) is -0.292. The van der Waals surface area contributed by atoms with Gasteiger partial charge in [0.25, 0.3) is 0 Å². The van der Waals surface area contributed by atoms with Gasteiger partial charge in [0, 0.05) is 4.53 Å². The molecule has 3 heteroatoms. The highest BCUT2D eigenvalue weighted by atomic mass is 19.3. The molecule has 80 valence electrons. The van der Waals surface area contributed by atoms with Crippen molar-refractivity contribution in [3.8, 4) is 0 Å². The van der Waals surface area contributed by atoms with Crippen molar-refractivity contribution in [2.24, 2.45) is 23.7 Å². The first kappa shape index (κ1) is 9.94. The molecule has 0 unspecified atom stereocenters. The summed E-state index contributed by atoms with van der Waals surface area (Å²) < 4.78 is 9.85. The van der Waals surface area contributed by atoms with Gasteiger partial charge in [-0.05, 0) is 62.2 Å². The molecule has 0 aromatic carbocycles. The second-order valence-corrected chi connectivity index (χ2v) is 5.06. The van der Waals surface area contributed by atoms with Gasteiger partial charge in [-0.25, -0.2) is 0 Å². The van der Waals surface area contributed by atoms with Crippen molar-refractivity contribution in [1.29, 1.82) is 0 Å². The minimum Gasteiger partial charge on any atom is -0.258 e. The van der Waals surface area contributed by atoms with Gasteiger partial charge in [0.15, 0.2) is 0 Å². The lowest BCUT2D eigenvalue weighted by atomic mass is 9.56. The monoisotopic (exact) mass is 200 g/mol. The second-order valence-electron chi connectivity index (χ2n) is 5.06. The minimum absolute atomic E-state index is 0.292. The summed E-state index contributed by atoms with van der Waals surface area (Å²) in [5, 5.41) is 0. The molecule has 0 radical (unpaired) electrons. The Labute approximate surface area is 83.7 Å². The summed E-state index contributed by atoms with van der Waals surface area (Å²) in [6, 6.07) is 0. The highest BCUT2D eigenvalue weighted by molar-refractivity contribution is 5.35. The molecule has 4 bridgehead atoms. The molecule has 4 aliphatic carbocycles. The Hall–Kier alpha value is -0.600. The van der Waals surface area contributed by atoms with E-state index in [0.717, 1.165) is 0 Å². The molecule has 0 aromatic heterocycles. The van der Waals surface area contributed by atoms with E-state index in [2.05, 4.69) is 4.94 Å². The van der Waals surface area contributed by atoms with Crippen LogP contribution in [0.15, 0.2) is 0 Å². The zero-order valence-corrected chi connectivity index (χ0v) is 8.32. The van der Waals surface area contributed by atoms with Crippen LogP contribution in [0, 0.1) is 23.7 Å². The Bertz CT molecular complexity index is 149. The standard InChI is InChI=1S/C10H16.CHFO2/c1-7-2-9-4-8(1)5-10(3-7)6-9;2-4-1-3/h7-10H,1-6H2;1H. The maximum absolute atomic E-state index is 9.85. The van der Waals surface area contributed by atoms with Crippen molar-refractivity contribution in [1.82, 2.24) is 0 Å². The molecule has 14 heavy (non-hydrogen) atoms. The highest BCUT2D eigenvalue weighted by Crippen LogP contribution is 2.53. The summed E-state index contributed by atoms with van der Waals surface area (Å²) in [4.78, 5) is 10.9. The van der Waals surface area contributed by atoms with Crippen molar-refractivity contribution in [2.45, 2.75) is 38.5 Å². The van der Waals surface area contributed by atoms with Crippen molar-refractivity contribution < 1.29 is 14.3 Å². The van der Waals surface area contributed by atoms with E-state index in [-0.39, 0.29) is 6.47 Å². The summed E-state index contributed by atoms with van der Waals surface area (Å²) in [5.41, 5.74) is 0. The molecule has 0 atom stereocenters. The zero-order valence-electron chi connectivity index (χ0n) is 8.32. The molecule has 4 saturated carbocycles. The Morgan fingerprint density at radius 3 is 1.21 bits per heavy atom. The summed E-state index contributed by atoms with van der Waals surface area (Å²) in [5.74, 6) is 4.71. The van der Waals surface area contributed by atoms with Gasteiger partial charge in [0.2, 0.25) is 0 Å². The quantitative estimate of drug-likeness (QED) is 0.608. The van der Waals surface area contributed by atoms with Crippen LogP contribution < -0.4 is 0 Å². The van der Waals surface area contributed by atoms with Crippen molar-refractivity contribution in [3.63, 3.8) is 0 Å². The summed E-state index contributed by atoms with van der Waals surface area (Å²) in [6.07, 6.45) is 9.62. The van der Waals surface area contributed by atoms with Crippen LogP contribution in [0.1, 0.15) is 38.5 Å². The topological polar surface area (TPSA) is 26.3 Å². The molecule has 2 nitrogen and oxygen atoms in total. The summed E-state index contributed by atoms with van der Waals surface area (Å²) >= 11 is 0. The lowest BCUT2D eigenvalue weighted by Gasteiger charge is -2.49. The number of carbonyl (C=O) groups is 1. The Kier molecular flexibility index (Phi) is 3.04. The molecule has 0 aliphatic heterocycles. The predicted molar refractivity (Wildman–Crippen MR) is 49.9 cm³/mol. The first-order valence-electron chi connectivity index (χ1n) is 5.52. The molecule has 0 N–H and O–H groups in total. The largest absolute Gasteiger partial charge is 0.337 e. The number of rotatable bonds is 1. The number of hydrogen-bond donors (Lipinski definition) is 0. The molecule has 4 rings (SSSR count). The molecule has 4 fully saturated rings. The third-order valence-corrected chi connectivity index (χ3v) is 4.04. The van der Waals surface area contributed by atoms with Crippen molar-refractivity contribution in [3.05, 3.63) is 0 Å². The van der Waals surface area contributed by atoms with Crippen LogP contribution in [0.25, 0.3) is 0 Å². The van der Waals surface area contributed by atoms with E-state index in [9.17, 15) is 4.53 Å². The molecule has 0 saturated heterocycles. The molecule has 0 amide bonds. The predicted octanol–water partition coefficient (Wildman–Crippen LogP) is 2.88. The lowest BCUT2D eigenvalue weighted by molar-refractivity contribution is -0.165. The average molecular weight is 200 g/mol. The molecule has 4 aliphatic rings. The van der Waals surface area contributed by atoms with Crippen LogP contribution in [-0.4, -0.2) is 6.47 Å². The van der Waals surface area contributed by atoms with Crippen LogP contribution in [0.4, 0.5) is 4.53 Å². The molecule has 0 spiro atoms. The lowest BCUT2D eigenvalue weighted by Crippen LogP contribution is -2.38. The fourth-order valence-corrected chi connectivity index (χ4v) is 3.98. The van der Waals surface area contributed by atoms with Crippen LogP contribution >= 0.6 is 0 Å². The fraction of sp³-hybridized carbons (Fsp3) is 0.909. The van der Waals surface area contributed by atoms with Gasteiger partial charge in [-0.3, -0.25) is 9.74 Å². The van der Waals surface area contributed by atoms with Gasteiger partial charge in [-0.1, -0.05) is 0 Å². The number of hydrogen-bond acceptors (Lipinski definition) is 2. The molecular formula is C11H17FO2. The Morgan fingerprint density at radius 2 is 1.07 bits per heavy atom. The third-order valence-electron chi connectivity index (χ3n) is 4.04. The first-order valence-corrected chi connectivity index (χ1v) is 5.52. The van der Waals surface area contributed by atoms with Crippen LogP contribution in [0.5, 0.6) is 0 Å². The van der Waals surface area contributed by atoms with Gasteiger partial charge >= 0.3 is 6.47 Å². The van der Waals surface area contributed by atoms with E-state index in [0.29, 0.717) is 0 Å². The van der Waals surface area contributed by atoms with E-state index >= 15 is 0 Å². The van der Waals surface area contributed by atoms with Gasteiger partial charge < -0.3 is 0 Å². The third kappa shape index (κ3) is 2.07. The highest BCUT2D eigenvalue weighted by Gasteiger charge is 2.41. The van der Waals surface area contributed by atoms with Crippen LogP contribution in [0.3, 0.4) is 0 Å². The normalized spacial score (nSPS) is 42.6. The van der Waals surface area contributed by atoms with Crippen molar-refractivity contribution in [2.75, 3.05) is 0 Å². The first-order chi connectivity index (χ1) is 6.81. The van der Waals surface area contributed by atoms with Crippen LogP contribution in [0.2, 0.25) is 0 Å². The SMILES string of the molecule is C1C2CC3CC1CC(C2)C3.O=COF. The van der Waals surface area contributed by atoms with Gasteiger partial charge in [0.05, 0.1) is 0 Å². The van der Waals surface area contributed by atoms with Gasteiger partial charge in [-0.15, -0.1) is 0 Å². The van der Waals surface area contributed by atoms with Gasteiger partial charge in [0.1, 0.15) is 0 Å². The van der Waals surface area contributed by atoms with E-state index in [1.54, 1.807) is 38.5 Å². The van der Waals surface area contributed by atoms with E-state index in [4.69, 9.17) is 4.79 Å². The minimum atomic E-state index is -0.292. The second kappa shape index (κ2) is 4.28. The zero-order chi connectivity index (χ0) is 9.97. The smallest absolute Gasteiger partial charge is 0.258 e. The van der Waals surface area contributed by atoms with E-state index < -0.39 is 0 Å². The molecule has 0 aromatic rings. The average Bonchev–Trinajstić information content (AvgIpc) is 2.16. The van der Waals surface area contributed by atoms with E-state index in [1.165, 1.54) is 23.7 Å². The molecule has 0 heterocycles. The number of carbonyl (C=O) groups excluding carboxylic acids is 1. The fourth-order valence-electron chi connectivity index (χ4n) is 3.98. The Morgan fingerprint density at radius 1 is 0.857 bits per heavy atom. The van der Waals surface area contributed by atoms with Gasteiger partial charge in [-0.2, -0.15) is 0 Å². The van der Waals surface area contributed by atoms with Crippen molar-refractivity contribution >= 4 is 6.47 Å². The number of halogens is 1. The maximum atomic E-state index is 9.85. The van der Waals surface area contributed by atoms with E-state index in [1.807, 2.05) is 0 Å². The summed E-state index contributed by atoms with van der Waals surface area (Å²) in [7, 11) is 0. The maximum Gasteiger partial charge on any atom is 0.337 e. The Balaban J connectivity index is 0.000000165. The molecular weight excluding hydrogens is 183 g/mol. The van der Waals surface area contributed by atoms with Crippen LogP contribution in [-0.2, 0) is 9.74 Å².